The standard InChI is InChI=1S/C48H88NO8P/c1-6-8-10-12-14-16-18-20-22-24-26-28-30-32-34-36-38-40-47(50)54-44-46(45-56-58(52,53)55-43-42-49(3,4)5)57-48(51)41-39-37-35-33-31-29-27-25-23-21-19-17-15-13-11-9-7-2/h15,17,20-23,27,29,46H,6-14,16,18-19,24-26,28,30-45H2,1-5H3/b17-15-,22-20-,23-21-,29-27-/t46-/m1/s1. The number of carbonyl (C=O) groups excluding carboxylic acids is 2. The van der Waals surface area contributed by atoms with Crippen LogP contribution in [0.4, 0.5) is 0 Å². The van der Waals surface area contributed by atoms with E-state index in [1.807, 2.05) is 21.1 Å². The van der Waals surface area contributed by atoms with Gasteiger partial charge in [0, 0.05) is 12.8 Å². The molecular weight excluding hydrogens is 750 g/mol. The van der Waals surface area contributed by atoms with Gasteiger partial charge < -0.3 is 27.9 Å². The van der Waals surface area contributed by atoms with E-state index >= 15 is 0 Å². The normalized spacial score (nSPS) is 14.0. The van der Waals surface area contributed by atoms with E-state index in [9.17, 15) is 19.0 Å². The van der Waals surface area contributed by atoms with Gasteiger partial charge in [-0.25, -0.2) is 0 Å². The predicted molar refractivity (Wildman–Crippen MR) is 240 cm³/mol. The zero-order valence-electron chi connectivity index (χ0n) is 38.0. The summed E-state index contributed by atoms with van der Waals surface area (Å²) < 4.78 is 33.9. The number of phosphoric ester groups is 1. The van der Waals surface area contributed by atoms with Crippen LogP contribution in [0.5, 0.6) is 0 Å². The van der Waals surface area contributed by atoms with Crippen LogP contribution in [0, 0.1) is 0 Å². The molecular formula is C48H88NO8P. The molecule has 9 nitrogen and oxygen atoms in total. The molecule has 0 N–H and O–H groups in total. The molecule has 0 aromatic heterocycles. The Morgan fingerprint density at radius 3 is 1.43 bits per heavy atom. The van der Waals surface area contributed by atoms with Gasteiger partial charge in [-0.3, -0.25) is 14.2 Å². The summed E-state index contributed by atoms with van der Waals surface area (Å²) in [5.41, 5.74) is 0. The minimum Gasteiger partial charge on any atom is -0.756 e. The third-order valence-electron chi connectivity index (χ3n) is 9.82. The van der Waals surface area contributed by atoms with Crippen molar-refractivity contribution in [2.24, 2.45) is 0 Å². The summed E-state index contributed by atoms with van der Waals surface area (Å²) in [6.07, 6.45) is 47.0. The van der Waals surface area contributed by atoms with E-state index in [-0.39, 0.29) is 26.1 Å². The van der Waals surface area contributed by atoms with Gasteiger partial charge in [-0.05, 0) is 77.0 Å². The van der Waals surface area contributed by atoms with Crippen LogP contribution in [-0.2, 0) is 32.7 Å². The quantitative estimate of drug-likeness (QED) is 0.0196. The Morgan fingerprint density at radius 2 is 0.931 bits per heavy atom. The molecule has 0 heterocycles. The number of hydrogen-bond acceptors (Lipinski definition) is 8. The molecule has 0 saturated heterocycles. The first kappa shape index (κ1) is 56.0. The van der Waals surface area contributed by atoms with Gasteiger partial charge in [-0.2, -0.15) is 0 Å². The molecule has 0 radical (unpaired) electrons. The lowest BCUT2D eigenvalue weighted by atomic mass is 10.1. The molecule has 0 aliphatic carbocycles. The first-order valence-electron chi connectivity index (χ1n) is 23.3. The summed E-state index contributed by atoms with van der Waals surface area (Å²) in [4.78, 5) is 37.6. The van der Waals surface area contributed by atoms with E-state index in [1.165, 1.54) is 89.9 Å². The summed E-state index contributed by atoms with van der Waals surface area (Å²) in [6, 6.07) is 0. The van der Waals surface area contributed by atoms with Gasteiger partial charge in [0.2, 0.25) is 0 Å². The Kier molecular flexibility index (Phi) is 39.0. The third kappa shape index (κ3) is 43.5. The molecule has 0 aliphatic rings. The van der Waals surface area contributed by atoms with Crippen molar-refractivity contribution in [3.8, 4) is 0 Å². The smallest absolute Gasteiger partial charge is 0.306 e. The maximum Gasteiger partial charge on any atom is 0.306 e. The topological polar surface area (TPSA) is 111 Å². The van der Waals surface area contributed by atoms with Gasteiger partial charge in [-0.15, -0.1) is 0 Å². The minimum absolute atomic E-state index is 0.0373. The van der Waals surface area contributed by atoms with Gasteiger partial charge in [0.1, 0.15) is 19.8 Å². The SMILES string of the molecule is CCCCC/C=C\C/C=C\C/C=C\CCCCCCC(=O)O[C@H](COC(=O)CCCCCCCCC/C=C\CCCCCCCC)COP(=O)([O-])OCC[N+](C)(C)C. The van der Waals surface area contributed by atoms with Crippen molar-refractivity contribution >= 4 is 19.8 Å². The Balaban J connectivity index is 4.38. The average molecular weight is 838 g/mol. The second-order valence-corrected chi connectivity index (χ2v) is 18.2. The van der Waals surface area contributed by atoms with E-state index in [0.29, 0.717) is 17.4 Å². The van der Waals surface area contributed by atoms with E-state index < -0.39 is 32.5 Å². The maximum atomic E-state index is 12.7. The molecule has 0 spiro atoms. The third-order valence-corrected chi connectivity index (χ3v) is 10.8. The van der Waals surface area contributed by atoms with Gasteiger partial charge >= 0.3 is 11.9 Å². The molecule has 0 fully saturated rings. The highest BCUT2D eigenvalue weighted by Gasteiger charge is 2.21. The molecule has 1 unspecified atom stereocenters. The average Bonchev–Trinajstić information content (AvgIpc) is 3.17. The summed E-state index contributed by atoms with van der Waals surface area (Å²) in [5, 5.41) is 0. The van der Waals surface area contributed by atoms with Crippen LogP contribution in [-0.4, -0.2) is 70.0 Å². The zero-order valence-corrected chi connectivity index (χ0v) is 38.9. The van der Waals surface area contributed by atoms with Crippen LogP contribution in [0.25, 0.3) is 0 Å². The molecule has 0 bridgehead atoms. The first-order chi connectivity index (χ1) is 28.0. The predicted octanol–water partition coefficient (Wildman–Crippen LogP) is 12.8. The van der Waals surface area contributed by atoms with Crippen LogP contribution in [0.1, 0.15) is 194 Å². The van der Waals surface area contributed by atoms with Gasteiger partial charge in [0.15, 0.2) is 6.10 Å². The van der Waals surface area contributed by atoms with Crippen LogP contribution in [0.3, 0.4) is 0 Å². The van der Waals surface area contributed by atoms with E-state index in [4.69, 9.17) is 18.5 Å². The number of likely N-dealkylation sites (N-methyl/N-ethyl adjacent to an activating group) is 1. The second-order valence-electron chi connectivity index (χ2n) is 16.8. The largest absolute Gasteiger partial charge is 0.756 e. The van der Waals surface area contributed by atoms with Crippen LogP contribution in [0.2, 0.25) is 0 Å². The lowest BCUT2D eigenvalue weighted by Gasteiger charge is -2.28. The van der Waals surface area contributed by atoms with E-state index in [1.54, 1.807) is 0 Å². The van der Waals surface area contributed by atoms with E-state index in [0.717, 1.165) is 70.6 Å². The number of esters is 2. The molecule has 10 heteroatoms. The molecule has 2 atom stereocenters. The highest BCUT2D eigenvalue weighted by atomic mass is 31.2. The van der Waals surface area contributed by atoms with Crippen LogP contribution in [0.15, 0.2) is 48.6 Å². The monoisotopic (exact) mass is 838 g/mol. The number of ether oxygens (including phenoxy) is 2. The number of unbranched alkanes of at least 4 members (excludes halogenated alkanes) is 20. The minimum atomic E-state index is -4.63. The van der Waals surface area contributed by atoms with Crippen molar-refractivity contribution in [3.63, 3.8) is 0 Å². The summed E-state index contributed by atoms with van der Waals surface area (Å²) in [6.45, 7) is 4.17. The number of allylic oxidation sites excluding steroid dienone is 8. The lowest BCUT2D eigenvalue weighted by molar-refractivity contribution is -0.870. The fourth-order valence-corrected chi connectivity index (χ4v) is 6.85. The Bertz CT molecular complexity index is 1130. The molecule has 0 aromatic carbocycles. The highest BCUT2D eigenvalue weighted by Crippen LogP contribution is 2.38. The fourth-order valence-electron chi connectivity index (χ4n) is 6.13. The first-order valence-corrected chi connectivity index (χ1v) is 24.8. The zero-order chi connectivity index (χ0) is 42.8. The highest BCUT2D eigenvalue weighted by molar-refractivity contribution is 7.45. The maximum absolute atomic E-state index is 12.7. The van der Waals surface area contributed by atoms with Crippen molar-refractivity contribution in [1.29, 1.82) is 0 Å². The number of quaternary nitrogens is 1. The molecule has 0 amide bonds. The van der Waals surface area contributed by atoms with Crippen molar-refractivity contribution in [2.45, 2.75) is 200 Å². The number of carbonyl (C=O) groups is 2. The molecule has 0 aliphatic heterocycles. The van der Waals surface area contributed by atoms with Crippen molar-refractivity contribution in [2.75, 3.05) is 47.5 Å². The molecule has 58 heavy (non-hydrogen) atoms. The van der Waals surface area contributed by atoms with Gasteiger partial charge in [0.25, 0.3) is 7.82 Å². The Morgan fingerprint density at radius 1 is 0.534 bits per heavy atom. The van der Waals surface area contributed by atoms with Crippen molar-refractivity contribution in [1.82, 2.24) is 0 Å². The fraction of sp³-hybridized carbons (Fsp3) is 0.792. The Labute approximate surface area is 356 Å². The summed E-state index contributed by atoms with van der Waals surface area (Å²) in [5.74, 6) is -0.864. The van der Waals surface area contributed by atoms with Gasteiger partial charge in [0.05, 0.1) is 27.7 Å². The van der Waals surface area contributed by atoms with E-state index in [2.05, 4.69) is 62.5 Å². The van der Waals surface area contributed by atoms with Crippen LogP contribution >= 0.6 is 7.82 Å². The second kappa shape index (κ2) is 40.4. The lowest BCUT2D eigenvalue weighted by Crippen LogP contribution is -2.37. The number of nitrogens with zero attached hydrogens (tertiary/aromatic N) is 1. The number of phosphoric acid groups is 1. The van der Waals surface area contributed by atoms with Crippen molar-refractivity contribution < 1.29 is 42.1 Å². The molecule has 0 rings (SSSR count). The van der Waals surface area contributed by atoms with Crippen LogP contribution < -0.4 is 4.89 Å². The number of hydrogen-bond donors (Lipinski definition) is 0. The number of rotatable bonds is 42. The van der Waals surface area contributed by atoms with Gasteiger partial charge in [-0.1, -0.05) is 152 Å². The van der Waals surface area contributed by atoms with Crippen molar-refractivity contribution in [3.05, 3.63) is 48.6 Å². The molecule has 338 valence electrons. The Hall–Kier alpha value is -2.03. The summed E-state index contributed by atoms with van der Waals surface area (Å²) in [7, 11) is 1.14. The summed E-state index contributed by atoms with van der Waals surface area (Å²) >= 11 is 0. The molecule has 0 aromatic rings. The molecule has 0 saturated carbocycles.